The molecule has 0 heterocycles. The molecule has 112 valence electrons. The van der Waals surface area contributed by atoms with Crippen molar-refractivity contribution in [2.24, 2.45) is 5.14 Å². The lowest BCUT2D eigenvalue weighted by Gasteiger charge is -2.15. The minimum Gasteiger partial charge on any atom is -0.380 e. The van der Waals surface area contributed by atoms with Gasteiger partial charge in [0.05, 0.1) is 18.1 Å². The summed E-state index contributed by atoms with van der Waals surface area (Å²) >= 11 is 0. The van der Waals surface area contributed by atoms with Crippen molar-refractivity contribution in [1.82, 2.24) is 5.32 Å². The number of hydrogen-bond donors (Lipinski definition) is 2. The first kappa shape index (κ1) is 16.8. The summed E-state index contributed by atoms with van der Waals surface area (Å²) in [6.07, 6.45) is 2.65. The highest BCUT2D eigenvalue weighted by atomic mass is 32.2. The number of benzene rings is 1. The van der Waals surface area contributed by atoms with Crippen LogP contribution in [-0.2, 0) is 14.8 Å². The quantitative estimate of drug-likeness (QED) is 0.536. The van der Waals surface area contributed by atoms with E-state index in [1.165, 1.54) is 6.07 Å². The average Bonchev–Trinajstić information content (AvgIpc) is 2.41. The van der Waals surface area contributed by atoms with Crippen LogP contribution in [0.25, 0.3) is 0 Å². The number of primary sulfonamides is 1. The molecule has 0 aliphatic heterocycles. The number of nitrogens with two attached hydrogens (primary N) is 1. The molecule has 0 spiro atoms. The Morgan fingerprint density at radius 1 is 1.45 bits per heavy atom. The van der Waals surface area contributed by atoms with E-state index in [-0.39, 0.29) is 10.9 Å². The summed E-state index contributed by atoms with van der Waals surface area (Å²) in [5.41, 5.74) is 0.877. The van der Waals surface area contributed by atoms with Gasteiger partial charge < -0.3 is 10.1 Å². The Balaban J connectivity index is 2.47. The highest BCUT2D eigenvalue weighted by Gasteiger charge is 2.11. The molecule has 1 atom stereocenters. The van der Waals surface area contributed by atoms with Crippen molar-refractivity contribution in [3.63, 3.8) is 0 Å². The van der Waals surface area contributed by atoms with Gasteiger partial charge in [0, 0.05) is 12.6 Å². The minimum atomic E-state index is -3.66. The van der Waals surface area contributed by atoms with E-state index in [4.69, 9.17) is 9.88 Å². The minimum absolute atomic E-state index is 0.0275. The van der Waals surface area contributed by atoms with Crippen LogP contribution in [0.1, 0.15) is 24.9 Å². The van der Waals surface area contributed by atoms with Gasteiger partial charge in [0.2, 0.25) is 10.0 Å². The van der Waals surface area contributed by atoms with Crippen molar-refractivity contribution >= 4 is 10.0 Å². The lowest BCUT2D eigenvalue weighted by Crippen LogP contribution is -2.23. The molecule has 6 heteroatoms. The smallest absolute Gasteiger partial charge is 0.238 e. The molecule has 1 unspecified atom stereocenters. The Morgan fingerprint density at radius 2 is 2.20 bits per heavy atom. The van der Waals surface area contributed by atoms with Crippen LogP contribution in [0.15, 0.2) is 41.8 Å². The fourth-order valence-corrected chi connectivity index (χ4v) is 2.26. The fraction of sp³-hybridized carbons (Fsp3) is 0.429. The third-order valence-corrected chi connectivity index (χ3v) is 3.76. The Bertz CT molecular complexity index is 529. The monoisotopic (exact) mass is 298 g/mol. The molecule has 1 rings (SSSR count). The van der Waals surface area contributed by atoms with Crippen LogP contribution in [-0.4, -0.2) is 28.2 Å². The van der Waals surface area contributed by atoms with Gasteiger partial charge >= 0.3 is 0 Å². The zero-order chi connectivity index (χ0) is 15.0. The molecule has 0 bridgehead atoms. The fourth-order valence-electron chi connectivity index (χ4n) is 1.70. The standard InChI is InChI=1S/C14H22N2O3S/c1-3-4-9-19-10-8-16-12(2)13-6-5-7-14(11-13)20(15,17)18/h3,5-7,11-12,16H,1,4,8-10H2,2H3,(H2,15,17,18). The normalized spacial score (nSPS) is 13.1. The Hall–Kier alpha value is -1.21. The van der Waals surface area contributed by atoms with Crippen molar-refractivity contribution in [1.29, 1.82) is 0 Å². The van der Waals surface area contributed by atoms with Gasteiger partial charge in [-0.15, -0.1) is 6.58 Å². The molecule has 20 heavy (non-hydrogen) atoms. The van der Waals surface area contributed by atoms with Crippen LogP contribution in [0.2, 0.25) is 0 Å². The van der Waals surface area contributed by atoms with Crippen LogP contribution in [0.3, 0.4) is 0 Å². The Kier molecular flexibility index (Phi) is 6.87. The largest absolute Gasteiger partial charge is 0.380 e. The SMILES string of the molecule is C=CCCOCCNC(C)c1cccc(S(N)(=O)=O)c1. The highest BCUT2D eigenvalue weighted by Crippen LogP contribution is 2.16. The van der Waals surface area contributed by atoms with E-state index in [2.05, 4.69) is 11.9 Å². The number of ether oxygens (including phenoxy) is 1. The molecule has 3 N–H and O–H groups in total. The van der Waals surface area contributed by atoms with E-state index in [0.29, 0.717) is 19.8 Å². The topological polar surface area (TPSA) is 81.4 Å². The number of rotatable bonds is 9. The van der Waals surface area contributed by atoms with Gasteiger partial charge in [-0.3, -0.25) is 0 Å². The highest BCUT2D eigenvalue weighted by molar-refractivity contribution is 7.89. The third-order valence-electron chi connectivity index (χ3n) is 2.85. The van der Waals surface area contributed by atoms with Crippen molar-refractivity contribution in [2.45, 2.75) is 24.3 Å². The van der Waals surface area contributed by atoms with Gasteiger partial charge in [-0.25, -0.2) is 13.6 Å². The van der Waals surface area contributed by atoms with E-state index in [1.807, 2.05) is 19.1 Å². The lowest BCUT2D eigenvalue weighted by atomic mass is 10.1. The van der Waals surface area contributed by atoms with Gasteiger partial charge in [-0.2, -0.15) is 0 Å². The summed E-state index contributed by atoms with van der Waals surface area (Å²) in [5.74, 6) is 0. The van der Waals surface area contributed by atoms with Gasteiger partial charge in [0.1, 0.15) is 0 Å². The van der Waals surface area contributed by atoms with Gasteiger partial charge in [0.25, 0.3) is 0 Å². The van der Waals surface area contributed by atoms with Crippen molar-refractivity contribution in [3.05, 3.63) is 42.5 Å². The number of nitrogens with one attached hydrogen (secondary N) is 1. The summed E-state index contributed by atoms with van der Waals surface area (Å²) in [6.45, 7) is 7.55. The maximum absolute atomic E-state index is 11.3. The molecule has 0 aromatic heterocycles. The number of sulfonamides is 1. The second-order valence-corrected chi connectivity index (χ2v) is 6.04. The van der Waals surface area contributed by atoms with E-state index in [1.54, 1.807) is 12.1 Å². The molecular formula is C14H22N2O3S. The second kappa shape index (κ2) is 8.16. The first-order chi connectivity index (χ1) is 9.45. The zero-order valence-corrected chi connectivity index (χ0v) is 12.5. The average molecular weight is 298 g/mol. The second-order valence-electron chi connectivity index (χ2n) is 4.48. The molecular weight excluding hydrogens is 276 g/mol. The summed E-state index contributed by atoms with van der Waals surface area (Å²) in [5, 5.41) is 8.39. The van der Waals surface area contributed by atoms with E-state index in [9.17, 15) is 8.42 Å². The first-order valence-corrected chi connectivity index (χ1v) is 8.04. The van der Waals surface area contributed by atoms with E-state index in [0.717, 1.165) is 12.0 Å². The molecule has 0 aliphatic rings. The van der Waals surface area contributed by atoms with Gasteiger partial charge in [0.15, 0.2) is 0 Å². The summed E-state index contributed by atoms with van der Waals surface area (Å²) in [4.78, 5) is 0.130. The predicted molar refractivity (Wildman–Crippen MR) is 79.9 cm³/mol. The lowest BCUT2D eigenvalue weighted by molar-refractivity contribution is 0.138. The maximum atomic E-state index is 11.3. The van der Waals surface area contributed by atoms with Crippen LogP contribution >= 0.6 is 0 Å². The molecule has 1 aromatic rings. The molecule has 0 aliphatic carbocycles. The van der Waals surface area contributed by atoms with Crippen molar-refractivity contribution in [2.75, 3.05) is 19.8 Å². The molecule has 0 saturated carbocycles. The third kappa shape index (κ3) is 5.83. The molecule has 5 nitrogen and oxygen atoms in total. The summed E-state index contributed by atoms with van der Waals surface area (Å²) < 4.78 is 28.0. The predicted octanol–water partition coefficient (Wildman–Crippen LogP) is 1.58. The molecule has 0 radical (unpaired) electrons. The van der Waals surface area contributed by atoms with Gasteiger partial charge in [-0.1, -0.05) is 18.2 Å². The summed E-state index contributed by atoms with van der Waals surface area (Å²) in [7, 11) is -3.66. The number of hydrogen-bond acceptors (Lipinski definition) is 4. The molecule has 1 aromatic carbocycles. The Labute approximate surface area is 120 Å². The molecule has 0 amide bonds. The van der Waals surface area contributed by atoms with Crippen LogP contribution in [0.4, 0.5) is 0 Å². The van der Waals surface area contributed by atoms with Crippen LogP contribution < -0.4 is 10.5 Å². The van der Waals surface area contributed by atoms with Crippen LogP contribution in [0.5, 0.6) is 0 Å². The van der Waals surface area contributed by atoms with Gasteiger partial charge in [-0.05, 0) is 31.0 Å². The molecule has 0 saturated heterocycles. The summed E-state index contributed by atoms with van der Waals surface area (Å²) in [6, 6.07) is 6.66. The van der Waals surface area contributed by atoms with Crippen molar-refractivity contribution in [3.8, 4) is 0 Å². The molecule has 0 fully saturated rings. The van der Waals surface area contributed by atoms with E-state index < -0.39 is 10.0 Å². The van der Waals surface area contributed by atoms with Crippen molar-refractivity contribution < 1.29 is 13.2 Å². The zero-order valence-electron chi connectivity index (χ0n) is 11.7. The Morgan fingerprint density at radius 3 is 2.85 bits per heavy atom. The first-order valence-electron chi connectivity index (χ1n) is 6.50. The van der Waals surface area contributed by atoms with E-state index >= 15 is 0 Å². The van der Waals surface area contributed by atoms with Crippen LogP contribution in [0, 0.1) is 0 Å². The maximum Gasteiger partial charge on any atom is 0.238 e.